The largest absolute Gasteiger partial charge is 0.368 e. The summed E-state index contributed by atoms with van der Waals surface area (Å²) in [5.41, 5.74) is 2.22. The minimum atomic E-state index is -0.199. The van der Waals surface area contributed by atoms with E-state index < -0.39 is 0 Å². The van der Waals surface area contributed by atoms with Crippen LogP contribution in [0.3, 0.4) is 0 Å². The van der Waals surface area contributed by atoms with Crippen molar-refractivity contribution in [1.82, 2.24) is 15.6 Å². The van der Waals surface area contributed by atoms with Crippen LogP contribution in [0.5, 0.6) is 0 Å². The highest BCUT2D eigenvalue weighted by molar-refractivity contribution is 14.0. The Hall–Kier alpha value is -2.40. The number of pyridine rings is 1. The zero-order valence-corrected chi connectivity index (χ0v) is 21.1. The smallest absolute Gasteiger partial charge is 0.191 e. The van der Waals surface area contributed by atoms with Gasteiger partial charge in [0, 0.05) is 56.5 Å². The maximum Gasteiger partial charge on any atom is 0.191 e. The van der Waals surface area contributed by atoms with Crippen LogP contribution in [0.25, 0.3) is 0 Å². The lowest BCUT2D eigenvalue weighted by molar-refractivity contribution is 0.624. The third kappa shape index (κ3) is 6.55. The van der Waals surface area contributed by atoms with E-state index in [0.29, 0.717) is 6.54 Å². The highest BCUT2D eigenvalue weighted by Gasteiger charge is 2.18. The molecule has 32 heavy (non-hydrogen) atoms. The van der Waals surface area contributed by atoms with Crippen LogP contribution < -0.4 is 20.4 Å². The second-order valence-electron chi connectivity index (χ2n) is 7.33. The van der Waals surface area contributed by atoms with Crippen LogP contribution in [0.2, 0.25) is 0 Å². The molecule has 3 heterocycles. The van der Waals surface area contributed by atoms with Crippen molar-refractivity contribution < 1.29 is 4.39 Å². The van der Waals surface area contributed by atoms with Gasteiger partial charge in [0.25, 0.3) is 0 Å². The average Bonchev–Trinajstić information content (AvgIpc) is 3.34. The molecule has 1 fully saturated rings. The van der Waals surface area contributed by atoms with E-state index in [1.54, 1.807) is 18.4 Å². The Morgan fingerprint density at radius 3 is 2.44 bits per heavy atom. The van der Waals surface area contributed by atoms with E-state index in [-0.39, 0.29) is 29.8 Å². The van der Waals surface area contributed by atoms with E-state index in [2.05, 4.69) is 54.0 Å². The summed E-state index contributed by atoms with van der Waals surface area (Å²) in [6.07, 6.45) is 1.86. The number of rotatable bonds is 6. The first-order valence-electron chi connectivity index (χ1n) is 10.4. The van der Waals surface area contributed by atoms with E-state index >= 15 is 0 Å². The molecule has 0 atom stereocenters. The predicted octanol–water partition coefficient (Wildman–Crippen LogP) is 4.09. The van der Waals surface area contributed by atoms with Crippen molar-refractivity contribution in [3.05, 3.63) is 76.4 Å². The molecule has 1 aliphatic rings. The number of benzene rings is 1. The van der Waals surface area contributed by atoms with Crippen molar-refractivity contribution in [1.29, 1.82) is 0 Å². The van der Waals surface area contributed by atoms with Gasteiger partial charge >= 0.3 is 0 Å². The van der Waals surface area contributed by atoms with Gasteiger partial charge in [0.1, 0.15) is 11.6 Å². The molecule has 1 aliphatic heterocycles. The minimum Gasteiger partial charge on any atom is -0.368 e. The molecule has 170 valence electrons. The molecule has 9 heteroatoms. The molecule has 0 unspecified atom stereocenters. The molecule has 2 N–H and O–H groups in total. The molecule has 0 amide bonds. The van der Waals surface area contributed by atoms with Crippen LogP contribution in [0.1, 0.15) is 10.4 Å². The van der Waals surface area contributed by atoms with Gasteiger partial charge in [-0.05, 0) is 53.4 Å². The van der Waals surface area contributed by atoms with Crippen LogP contribution in [-0.2, 0) is 13.1 Å². The maximum atomic E-state index is 13.2. The molecule has 0 bridgehead atoms. The van der Waals surface area contributed by atoms with E-state index in [0.717, 1.165) is 55.8 Å². The van der Waals surface area contributed by atoms with Gasteiger partial charge in [0.15, 0.2) is 5.96 Å². The summed E-state index contributed by atoms with van der Waals surface area (Å²) in [7, 11) is 1.78. The number of nitrogens with one attached hydrogen (secondary N) is 2. The third-order valence-corrected chi connectivity index (χ3v) is 6.18. The Bertz CT molecular complexity index is 988. The number of halogens is 2. The number of hydrogen-bond acceptors (Lipinski definition) is 5. The highest BCUT2D eigenvalue weighted by atomic mass is 127. The summed E-state index contributed by atoms with van der Waals surface area (Å²) in [6, 6.07) is 15.0. The molecule has 0 spiro atoms. The Kier molecular flexibility index (Phi) is 9.10. The molecule has 3 aromatic rings. The van der Waals surface area contributed by atoms with Gasteiger partial charge in [-0.25, -0.2) is 9.37 Å². The molecule has 6 nitrogen and oxygen atoms in total. The Morgan fingerprint density at radius 1 is 1.03 bits per heavy atom. The number of anilines is 2. The van der Waals surface area contributed by atoms with E-state index in [9.17, 15) is 4.39 Å². The fourth-order valence-corrected chi connectivity index (χ4v) is 4.22. The lowest BCUT2D eigenvalue weighted by Crippen LogP contribution is -2.46. The van der Waals surface area contributed by atoms with Crippen LogP contribution in [0, 0.1) is 5.82 Å². The second kappa shape index (κ2) is 12.0. The van der Waals surface area contributed by atoms with E-state index in [1.807, 2.05) is 24.4 Å². The SMILES string of the molecule is CN=C(NCc1ccnc(N2CCN(c3ccc(F)cc3)CC2)c1)NCc1cccs1.I. The molecule has 0 saturated carbocycles. The average molecular weight is 566 g/mol. The number of piperazine rings is 1. The molecule has 0 radical (unpaired) electrons. The molecule has 0 aliphatic carbocycles. The summed E-state index contributed by atoms with van der Waals surface area (Å²) in [5, 5.41) is 8.78. The number of aliphatic imine (C=N–C) groups is 1. The summed E-state index contributed by atoms with van der Waals surface area (Å²) < 4.78 is 13.2. The molecule has 2 aromatic heterocycles. The van der Waals surface area contributed by atoms with E-state index in [1.165, 1.54) is 17.0 Å². The van der Waals surface area contributed by atoms with Gasteiger partial charge in [-0.15, -0.1) is 35.3 Å². The van der Waals surface area contributed by atoms with E-state index in [4.69, 9.17) is 0 Å². The zero-order chi connectivity index (χ0) is 21.5. The zero-order valence-electron chi connectivity index (χ0n) is 18.0. The summed E-state index contributed by atoms with van der Waals surface area (Å²) in [5.74, 6) is 1.56. The van der Waals surface area contributed by atoms with Gasteiger partial charge in [0.05, 0.1) is 6.54 Å². The monoisotopic (exact) mass is 566 g/mol. The van der Waals surface area contributed by atoms with Gasteiger partial charge in [-0.3, -0.25) is 4.99 Å². The van der Waals surface area contributed by atoms with Crippen molar-refractivity contribution in [2.75, 3.05) is 43.0 Å². The number of thiophene rings is 1. The second-order valence-corrected chi connectivity index (χ2v) is 8.36. The van der Waals surface area contributed by atoms with Crippen molar-refractivity contribution in [2.24, 2.45) is 4.99 Å². The first-order valence-corrected chi connectivity index (χ1v) is 11.3. The number of nitrogens with zero attached hydrogens (tertiary/aromatic N) is 4. The summed E-state index contributed by atoms with van der Waals surface area (Å²) in [6.45, 7) is 4.97. The molecular formula is C23H28FIN6S. The van der Waals surface area contributed by atoms with Crippen molar-refractivity contribution in [3.63, 3.8) is 0 Å². The normalized spacial score (nSPS) is 14.1. The maximum absolute atomic E-state index is 13.2. The topological polar surface area (TPSA) is 55.8 Å². The van der Waals surface area contributed by atoms with Gasteiger partial charge in [-0.1, -0.05) is 6.07 Å². The fourth-order valence-electron chi connectivity index (χ4n) is 3.58. The molecular weight excluding hydrogens is 538 g/mol. The standard InChI is InChI=1S/C23H27FN6S.HI/c1-25-23(28-17-21-3-2-14-31-21)27-16-18-8-9-26-22(15-18)30-12-10-29(11-13-30)20-6-4-19(24)5-7-20;/h2-9,14-15H,10-13,16-17H2,1H3,(H2,25,27,28);1H. The molecule has 4 rings (SSSR count). The number of hydrogen-bond donors (Lipinski definition) is 2. The van der Waals surface area contributed by atoms with Crippen LogP contribution in [-0.4, -0.2) is 44.2 Å². The Morgan fingerprint density at radius 2 is 1.75 bits per heavy atom. The highest BCUT2D eigenvalue weighted by Crippen LogP contribution is 2.20. The minimum absolute atomic E-state index is 0. The molecule has 1 aromatic carbocycles. The third-order valence-electron chi connectivity index (χ3n) is 5.30. The first kappa shape index (κ1) is 24.2. The Labute approximate surface area is 209 Å². The van der Waals surface area contributed by atoms with Gasteiger partial charge in [-0.2, -0.15) is 0 Å². The van der Waals surface area contributed by atoms with Crippen LogP contribution in [0.4, 0.5) is 15.9 Å². The fraction of sp³-hybridized carbons (Fsp3) is 0.304. The van der Waals surface area contributed by atoms with Gasteiger partial charge < -0.3 is 20.4 Å². The van der Waals surface area contributed by atoms with Crippen LogP contribution in [0.15, 0.2) is 65.1 Å². The lowest BCUT2D eigenvalue weighted by Gasteiger charge is -2.36. The van der Waals surface area contributed by atoms with Gasteiger partial charge in [0.2, 0.25) is 0 Å². The Balaban J connectivity index is 0.00000289. The number of aromatic nitrogens is 1. The summed E-state index contributed by atoms with van der Waals surface area (Å²) in [4.78, 5) is 14.7. The van der Waals surface area contributed by atoms with Crippen molar-refractivity contribution in [3.8, 4) is 0 Å². The van der Waals surface area contributed by atoms with Crippen molar-refractivity contribution in [2.45, 2.75) is 13.1 Å². The number of guanidine groups is 1. The summed E-state index contributed by atoms with van der Waals surface area (Å²) >= 11 is 1.73. The lowest BCUT2D eigenvalue weighted by atomic mass is 10.2. The quantitative estimate of drug-likeness (QED) is 0.268. The van der Waals surface area contributed by atoms with Crippen LogP contribution >= 0.6 is 35.3 Å². The van der Waals surface area contributed by atoms with Crippen molar-refractivity contribution >= 4 is 52.8 Å². The predicted molar refractivity (Wildman–Crippen MR) is 142 cm³/mol. The molecule has 1 saturated heterocycles. The first-order chi connectivity index (χ1) is 15.2.